The van der Waals surface area contributed by atoms with Crippen molar-refractivity contribution in [1.29, 1.82) is 0 Å². The van der Waals surface area contributed by atoms with E-state index >= 15 is 0 Å². The number of hydrogen-bond acceptors (Lipinski definition) is 8. The average molecular weight is 441 g/mol. The van der Waals surface area contributed by atoms with Crippen LogP contribution < -0.4 is 10.9 Å². The number of nitrogens with one attached hydrogen (secondary N) is 1. The highest BCUT2D eigenvalue weighted by Gasteiger charge is 2.19. The van der Waals surface area contributed by atoms with Crippen molar-refractivity contribution in [3.05, 3.63) is 70.1 Å². The molecule has 5 heterocycles. The number of rotatable bonds is 7. The predicted octanol–water partition coefficient (Wildman–Crippen LogP) is 2.75. The number of fused-ring (bicyclic) bond motifs is 3. The molecule has 0 unspecified atom stereocenters. The van der Waals surface area contributed by atoms with Crippen LogP contribution in [0.15, 0.2) is 67.0 Å². The largest absolute Gasteiger partial charge is 0.467 e. The Morgan fingerprint density at radius 2 is 1.93 bits per heavy atom. The molecule has 5 aromatic heterocycles. The molecule has 0 radical (unpaired) electrons. The van der Waals surface area contributed by atoms with Crippen LogP contribution in [-0.2, 0) is 17.9 Å². The normalized spacial score (nSPS) is 11.5. The van der Waals surface area contributed by atoms with E-state index < -0.39 is 0 Å². The molecule has 0 aliphatic carbocycles. The Morgan fingerprint density at radius 3 is 2.70 bits per heavy atom. The van der Waals surface area contributed by atoms with E-state index in [2.05, 4.69) is 15.5 Å². The van der Waals surface area contributed by atoms with Crippen LogP contribution in [0.3, 0.4) is 0 Å². The van der Waals surface area contributed by atoms with Crippen LogP contribution in [0.4, 0.5) is 0 Å². The Kier molecular flexibility index (Phi) is 4.89. The third kappa shape index (κ3) is 3.42. The zero-order valence-corrected chi connectivity index (χ0v) is 17.1. The fraction of sp³-hybridized carbons (Fsp3) is 0.158. The van der Waals surface area contributed by atoms with Crippen molar-refractivity contribution in [2.24, 2.45) is 0 Å². The molecule has 0 aliphatic heterocycles. The van der Waals surface area contributed by atoms with Crippen molar-refractivity contribution in [3.63, 3.8) is 0 Å². The molecule has 11 heteroatoms. The van der Waals surface area contributed by atoms with E-state index in [9.17, 15) is 9.59 Å². The number of nitrogens with zero attached hydrogens (tertiary/aromatic N) is 4. The highest BCUT2D eigenvalue weighted by atomic mass is 32.2. The fourth-order valence-electron chi connectivity index (χ4n) is 3.07. The van der Waals surface area contributed by atoms with E-state index in [4.69, 9.17) is 8.83 Å². The van der Waals surface area contributed by atoms with Gasteiger partial charge >= 0.3 is 0 Å². The molecule has 0 saturated heterocycles. The highest BCUT2D eigenvalue weighted by molar-refractivity contribution is 7.99. The predicted molar refractivity (Wildman–Crippen MR) is 112 cm³/mol. The molecule has 5 aromatic rings. The highest BCUT2D eigenvalue weighted by Crippen LogP contribution is 2.24. The number of furan rings is 2. The third-order valence-corrected chi connectivity index (χ3v) is 6.27. The fourth-order valence-corrected chi connectivity index (χ4v) is 4.67. The van der Waals surface area contributed by atoms with Crippen molar-refractivity contribution in [1.82, 2.24) is 24.5 Å². The van der Waals surface area contributed by atoms with Crippen LogP contribution in [-0.4, -0.2) is 30.8 Å². The van der Waals surface area contributed by atoms with Gasteiger partial charge in [0, 0.05) is 0 Å². The summed E-state index contributed by atoms with van der Waals surface area (Å²) in [6, 6.07) is 9.00. The van der Waals surface area contributed by atoms with E-state index in [1.54, 1.807) is 41.2 Å². The lowest BCUT2D eigenvalue weighted by Gasteiger charge is -2.08. The van der Waals surface area contributed by atoms with E-state index in [1.807, 2.05) is 11.4 Å². The maximum Gasteiger partial charge on any atom is 0.273 e. The molecule has 0 atom stereocenters. The van der Waals surface area contributed by atoms with Gasteiger partial charge in [-0.1, -0.05) is 11.8 Å². The number of carbonyl (C=O) groups excluding carboxylic acids is 1. The van der Waals surface area contributed by atoms with Crippen LogP contribution in [0.25, 0.3) is 16.0 Å². The van der Waals surface area contributed by atoms with Gasteiger partial charge in [0.25, 0.3) is 5.56 Å². The van der Waals surface area contributed by atoms with Crippen LogP contribution in [0.2, 0.25) is 0 Å². The van der Waals surface area contributed by atoms with Crippen molar-refractivity contribution in [3.8, 4) is 0 Å². The van der Waals surface area contributed by atoms with Crippen LogP contribution in [0.5, 0.6) is 0 Å². The Bertz CT molecular complexity index is 1370. The van der Waals surface area contributed by atoms with Gasteiger partial charge in [0.05, 0.1) is 36.9 Å². The Balaban J connectivity index is 1.44. The molecular weight excluding hydrogens is 426 g/mol. The molecule has 9 nitrogen and oxygen atoms in total. The quantitative estimate of drug-likeness (QED) is 0.387. The first-order valence-electron chi connectivity index (χ1n) is 9.00. The smallest absolute Gasteiger partial charge is 0.273 e. The Hall–Kier alpha value is -3.31. The van der Waals surface area contributed by atoms with E-state index in [-0.39, 0.29) is 23.8 Å². The molecule has 0 aliphatic rings. The standard InChI is InChI=1S/C19H15N5O4S2/c25-15(20-9-12-3-1-6-27-12)11-30-19-22-21-18-23(10-13-4-2-7-28-13)17(26)16-14(24(18)19)5-8-29-16/h1-8H,9-11H2,(H,20,25). The number of carbonyl (C=O) groups is 1. The SMILES string of the molecule is O=C(CSc1nnc2n(Cc3ccco3)c(=O)c3sccc3n12)NCc1ccco1. The lowest BCUT2D eigenvalue weighted by Crippen LogP contribution is -2.24. The molecule has 0 fully saturated rings. The van der Waals surface area contributed by atoms with Crippen molar-refractivity contribution >= 4 is 45.0 Å². The summed E-state index contributed by atoms with van der Waals surface area (Å²) in [7, 11) is 0. The second kappa shape index (κ2) is 7.84. The first kappa shape index (κ1) is 18.7. The summed E-state index contributed by atoms with van der Waals surface area (Å²) in [4.78, 5) is 25.2. The summed E-state index contributed by atoms with van der Waals surface area (Å²) in [5, 5.41) is 13.6. The molecule has 1 N–H and O–H groups in total. The molecule has 1 amide bonds. The van der Waals surface area contributed by atoms with Crippen molar-refractivity contribution < 1.29 is 13.6 Å². The van der Waals surface area contributed by atoms with E-state index in [0.29, 0.717) is 33.7 Å². The minimum Gasteiger partial charge on any atom is -0.467 e. The Morgan fingerprint density at radius 1 is 1.13 bits per heavy atom. The molecule has 0 saturated carbocycles. The van der Waals surface area contributed by atoms with Gasteiger partial charge in [-0.15, -0.1) is 21.5 Å². The molecule has 152 valence electrons. The lowest BCUT2D eigenvalue weighted by molar-refractivity contribution is -0.118. The maximum atomic E-state index is 13.0. The van der Waals surface area contributed by atoms with Gasteiger partial charge < -0.3 is 14.2 Å². The minimum absolute atomic E-state index is 0.149. The number of hydrogen-bond donors (Lipinski definition) is 1. The molecular formula is C19H15N5O4S2. The molecule has 30 heavy (non-hydrogen) atoms. The average Bonchev–Trinajstić information content (AvgIpc) is 3.54. The van der Waals surface area contributed by atoms with E-state index in [0.717, 1.165) is 5.52 Å². The molecule has 0 spiro atoms. The monoisotopic (exact) mass is 441 g/mol. The summed E-state index contributed by atoms with van der Waals surface area (Å²) in [5.41, 5.74) is 0.572. The minimum atomic E-state index is -0.154. The topological polar surface area (TPSA) is 108 Å². The maximum absolute atomic E-state index is 13.0. The summed E-state index contributed by atoms with van der Waals surface area (Å²) in [6.07, 6.45) is 3.13. The van der Waals surface area contributed by atoms with Crippen LogP contribution >= 0.6 is 23.1 Å². The van der Waals surface area contributed by atoms with Gasteiger partial charge in [-0.2, -0.15) is 0 Å². The second-order valence-electron chi connectivity index (χ2n) is 6.37. The lowest BCUT2D eigenvalue weighted by atomic mass is 10.4. The van der Waals surface area contributed by atoms with E-state index in [1.165, 1.54) is 27.7 Å². The van der Waals surface area contributed by atoms with Gasteiger partial charge in [-0.3, -0.25) is 18.6 Å². The third-order valence-electron chi connectivity index (χ3n) is 4.45. The number of thiophene rings is 1. The first-order valence-corrected chi connectivity index (χ1v) is 10.9. The molecule has 0 bridgehead atoms. The molecule has 0 aromatic carbocycles. The Labute approximate surface area is 177 Å². The van der Waals surface area contributed by atoms with Gasteiger partial charge in [0.2, 0.25) is 11.7 Å². The van der Waals surface area contributed by atoms with Crippen LogP contribution in [0.1, 0.15) is 11.5 Å². The number of amides is 1. The van der Waals surface area contributed by atoms with Crippen molar-refractivity contribution in [2.75, 3.05) is 5.75 Å². The summed E-state index contributed by atoms with van der Waals surface area (Å²) in [6.45, 7) is 0.569. The molecule has 5 rings (SSSR count). The zero-order chi connectivity index (χ0) is 20.5. The van der Waals surface area contributed by atoms with Gasteiger partial charge in [0.15, 0.2) is 5.16 Å². The van der Waals surface area contributed by atoms with Gasteiger partial charge in [0.1, 0.15) is 16.2 Å². The summed E-state index contributed by atoms with van der Waals surface area (Å²) in [5.74, 6) is 1.73. The zero-order valence-electron chi connectivity index (χ0n) is 15.5. The summed E-state index contributed by atoms with van der Waals surface area (Å²) < 4.78 is 14.5. The van der Waals surface area contributed by atoms with Crippen molar-refractivity contribution in [2.45, 2.75) is 18.2 Å². The van der Waals surface area contributed by atoms with Gasteiger partial charge in [-0.25, -0.2) is 0 Å². The summed E-state index contributed by atoms with van der Waals surface area (Å²) >= 11 is 2.61. The number of thioether (sulfide) groups is 1. The van der Waals surface area contributed by atoms with Gasteiger partial charge in [-0.05, 0) is 35.7 Å². The first-order chi connectivity index (χ1) is 14.7. The number of aromatic nitrogens is 4. The second-order valence-corrected chi connectivity index (χ2v) is 8.23. The van der Waals surface area contributed by atoms with Crippen LogP contribution in [0, 0.1) is 0 Å².